The number of aryl methyl sites for hydroxylation is 2. The standard InChI is InChI=1S/C15H21N3O2S/c1-9-10(2)21-15(16-9)17-14(20)11-7-13(19)18(8-11)12-5-3-4-6-12/h11-12H,3-8H2,1-2H3,(H,16,17,20). The molecule has 114 valence electrons. The van der Waals surface area contributed by atoms with E-state index in [0.717, 1.165) is 23.4 Å². The van der Waals surface area contributed by atoms with Crippen LogP contribution in [0.1, 0.15) is 42.7 Å². The lowest BCUT2D eigenvalue weighted by atomic mass is 10.1. The summed E-state index contributed by atoms with van der Waals surface area (Å²) in [6, 6.07) is 0.361. The molecule has 0 aromatic carbocycles. The van der Waals surface area contributed by atoms with Crippen molar-refractivity contribution in [3.63, 3.8) is 0 Å². The molecule has 2 heterocycles. The minimum Gasteiger partial charge on any atom is -0.339 e. The number of carbonyl (C=O) groups is 2. The van der Waals surface area contributed by atoms with Crippen LogP contribution in [0.5, 0.6) is 0 Å². The molecule has 1 aliphatic carbocycles. The van der Waals surface area contributed by atoms with Gasteiger partial charge in [-0.3, -0.25) is 9.59 Å². The highest BCUT2D eigenvalue weighted by molar-refractivity contribution is 7.15. The number of hydrogen-bond donors (Lipinski definition) is 1. The van der Waals surface area contributed by atoms with E-state index in [1.165, 1.54) is 24.2 Å². The summed E-state index contributed by atoms with van der Waals surface area (Å²) in [5.74, 6) is -0.172. The van der Waals surface area contributed by atoms with E-state index in [9.17, 15) is 9.59 Å². The van der Waals surface area contributed by atoms with Crippen LogP contribution in [0, 0.1) is 19.8 Å². The highest BCUT2D eigenvalue weighted by Crippen LogP contribution is 2.30. The van der Waals surface area contributed by atoms with Gasteiger partial charge < -0.3 is 10.2 Å². The van der Waals surface area contributed by atoms with Crippen LogP contribution in [0.4, 0.5) is 5.13 Å². The third kappa shape index (κ3) is 2.95. The van der Waals surface area contributed by atoms with Gasteiger partial charge in [0.1, 0.15) is 0 Å². The van der Waals surface area contributed by atoms with Gasteiger partial charge in [-0.2, -0.15) is 0 Å². The van der Waals surface area contributed by atoms with Gasteiger partial charge in [0.2, 0.25) is 11.8 Å². The van der Waals surface area contributed by atoms with Gasteiger partial charge in [-0.15, -0.1) is 11.3 Å². The smallest absolute Gasteiger partial charge is 0.231 e. The zero-order valence-corrected chi connectivity index (χ0v) is 13.3. The minimum atomic E-state index is -0.234. The number of thiazole rings is 1. The van der Waals surface area contributed by atoms with E-state index in [-0.39, 0.29) is 17.7 Å². The molecular formula is C15H21N3O2S. The largest absolute Gasteiger partial charge is 0.339 e. The van der Waals surface area contributed by atoms with Crippen molar-refractivity contribution in [2.24, 2.45) is 5.92 Å². The Hall–Kier alpha value is -1.43. The normalized spacial score (nSPS) is 23.0. The third-order valence-corrected chi connectivity index (χ3v) is 5.54. The Kier molecular flexibility index (Phi) is 3.97. The van der Waals surface area contributed by atoms with Gasteiger partial charge in [0, 0.05) is 23.9 Å². The Balaban J connectivity index is 1.62. The molecule has 1 aromatic heterocycles. The number of likely N-dealkylation sites (tertiary alicyclic amines) is 1. The first-order chi connectivity index (χ1) is 10.0. The molecule has 21 heavy (non-hydrogen) atoms. The first-order valence-electron chi connectivity index (χ1n) is 7.59. The third-order valence-electron chi connectivity index (χ3n) is 4.55. The summed E-state index contributed by atoms with van der Waals surface area (Å²) >= 11 is 1.49. The fourth-order valence-electron chi connectivity index (χ4n) is 3.21. The van der Waals surface area contributed by atoms with E-state index in [1.54, 1.807) is 0 Å². The van der Waals surface area contributed by atoms with Crippen molar-refractivity contribution in [3.8, 4) is 0 Å². The van der Waals surface area contributed by atoms with Crippen molar-refractivity contribution in [1.82, 2.24) is 9.88 Å². The second-order valence-electron chi connectivity index (χ2n) is 6.04. The summed E-state index contributed by atoms with van der Waals surface area (Å²) in [5, 5.41) is 3.51. The first kappa shape index (κ1) is 14.5. The summed E-state index contributed by atoms with van der Waals surface area (Å²) in [4.78, 5) is 31.8. The number of nitrogens with one attached hydrogen (secondary N) is 1. The topological polar surface area (TPSA) is 62.3 Å². The molecular weight excluding hydrogens is 286 g/mol. The molecule has 0 bridgehead atoms. The molecule has 0 radical (unpaired) electrons. The molecule has 6 heteroatoms. The van der Waals surface area contributed by atoms with Crippen LogP contribution in [0.2, 0.25) is 0 Å². The number of nitrogens with zero attached hydrogens (tertiary/aromatic N) is 2. The Morgan fingerprint density at radius 2 is 2.05 bits per heavy atom. The SMILES string of the molecule is Cc1nc(NC(=O)C2CC(=O)N(C3CCCC3)C2)sc1C. The lowest BCUT2D eigenvalue weighted by Gasteiger charge is -2.23. The molecule has 0 spiro atoms. The highest BCUT2D eigenvalue weighted by Gasteiger charge is 2.38. The van der Waals surface area contributed by atoms with Crippen LogP contribution in [0.25, 0.3) is 0 Å². The minimum absolute atomic E-state index is 0.0717. The maximum absolute atomic E-state index is 12.3. The van der Waals surface area contributed by atoms with Crippen LogP contribution in [-0.2, 0) is 9.59 Å². The average molecular weight is 307 g/mol. The lowest BCUT2D eigenvalue weighted by molar-refractivity contribution is -0.129. The van der Waals surface area contributed by atoms with Crippen molar-refractivity contribution < 1.29 is 9.59 Å². The monoisotopic (exact) mass is 307 g/mol. The molecule has 2 aliphatic rings. The van der Waals surface area contributed by atoms with Gasteiger partial charge in [0.05, 0.1) is 11.6 Å². The van der Waals surface area contributed by atoms with Crippen molar-refractivity contribution in [2.45, 2.75) is 52.0 Å². The summed E-state index contributed by atoms with van der Waals surface area (Å²) in [5.41, 5.74) is 0.949. The number of aromatic nitrogens is 1. The van der Waals surface area contributed by atoms with E-state index in [4.69, 9.17) is 0 Å². The molecule has 1 aliphatic heterocycles. The van der Waals surface area contributed by atoms with Crippen LogP contribution < -0.4 is 5.32 Å². The maximum Gasteiger partial charge on any atom is 0.231 e. The van der Waals surface area contributed by atoms with E-state index in [2.05, 4.69) is 10.3 Å². The molecule has 1 saturated carbocycles. The molecule has 1 unspecified atom stereocenters. The van der Waals surface area contributed by atoms with E-state index >= 15 is 0 Å². The maximum atomic E-state index is 12.3. The molecule has 1 saturated heterocycles. The average Bonchev–Trinajstić information content (AvgIpc) is 3.12. The Morgan fingerprint density at radius 1 is 1.33 bits per heavy atom. The fourth-order valence-corrected chi connectivity index (χ4v) is 4.03. The van der Waals surface area contributed by atoms with Crippen molar-refractivity contribution in [3.05, 3.63) is 10.6 Å². The number of carbonyl (C=O) groups excluding carboxylic acids is 2. The molecule has 5 nitrogen and oxygen atoms in total. The second-order valence-corrected chi connectivity index (χ2v) is 7.24. The number of amides is 2. The van der Waals surface area contributed by atoms with Crippen LogP contribution in [-0.4, -0.2) is 34.3 Å². The number of anilines is 1. The summed E-state index contributed by atoms with van der Waals surface area (Å²) in [7, 11) is 0. The zero-order chi connectivity index (χ0) is 15.0. The summed E-state index contributed by atoms with van der Waals surface area (Å²) < 4.78 is 0. The molecule has 2 fully saturated rings. The van der Waals surface area contributed by atoms with E-state index in [0.29, 0.717) is 24.1 Å². The molecule has 2 amide bonds. The lowest BCUT2D eigenvalue weighted by Crippen LogP contribution is -2.35. The molecule has 3 rings (SSSR count). The van der Waals surface area contributed by atoms with Gasteiger partial charge in [0.15, 0.2) is 5.13 Å². The highest BCUT2D eigenvalue weighted by atomic mass is 32.1. The molecule has 1 atom stereocenters. The van der Waals surface area contributed by atoms with E-state index in [1.807, 2.05) is 18.7 Å². The van der Waals surface area contributed by atoms with Gasteiger partial charge in [-0.25, -0.2) is 4.98 Å². The fraction of sp³-hybridized carbons (Fsp3) is 0.667. The molecule has 1 N–H and O–H groups in total. The number of hydrogen-bond acceptors (Lipinski definition) is 4. The van der Waals surface area contributed by atoms with Gasteiger partial charge >= 0.3 is 0 Å². The Labute approximate surface area is 128 Å². The van der Waals surface area contributed by atoms with Gasteiger partial charge in [0.25, 0.3) is 0 Å². The summed E-state index contributed by atoms with van der Waals surface area (Å²) in [6.07, 6.45) is 4.91. The first-order valence-corrected chi connectivity index (χ1v) is 8.40. The summed E-state index contributed by atoms with van der Waals surface area (Å²) in [6.45, 7) is 4.49. The second kappa shape index (κ2) is 5.75. The van der Waals surface area contributed by atoms with Crippen LogP contribution in [0.15, 0.2) is 0 Å². The quantitative estimate of drug-likeness (QED) is 0.933. The Morgan fingerprint density at radius 3 is 2.67 bits per heavy atom. The van der Waals surface area contributed by atoms with Crippen LogP contribution in [0.3, 0.4) is 0 Å². The van der Waals surface area contributed by atoms with Crippen LogP contribution >= 0.6 is 11.3 Å². The van der Waals surface area contributed by atoms with Crippen molar-refractivity contribution in [2.75, 3.05) is 11.9 Å². The van der Waals surface area contributed by atoms with E-state index < -0.39 is 0 Å². The van der Waals surface area contributed by atoms with Crippen molar-refractivity contribution >= 4 is 28.3 Å². The predicted octanol–water partition coefficient (Wildman–Crippen LogP) is 2.49. The predicted molar refractivity (Wildman–Crippen MR) is 82.3 cm³/mol. The zero-order valence-electron chi connectivity index (χ0n) is 12.5. The number of rotatable bonds is 3. The van der Waals surface area contributed by atoms with Gasteiger partial charge in [-0.05, 0) is 26.7 Å². The Bertz CT molecular complexity index is 544. The van der Waals surface area contributed by atoms with Crippen molar-refractivity contribution in [1.29, 1.82) is 0 Å². The molecule has 1 aromatic rings. The van der Waals surface area contributed by atoms with Gasteiger partial charge in [-0.1, -0.05) is 12.8 Å².